The molecule has 0 unspecified atom stereocenters. The van der Waals surface area contributed by atoms with Crippen molar-refractivity contribution in [2.45, 2.75) is 13.8 Å². The zero-order valence-corrected chi connectivity index (χ0v) is 16.8. The molecule has 7 nitrogen and oxygen atoms in total. The van der Waals surface area contributed by atoms with Gasteiger partial charge in [-0.25, -0.2) is 4.57 Å². The van der Waals surface area contributed by atoms with E-state index in [9.17, 15) is 14.8 Å². The van der Waals surface area contributed by atoms with Gasteiger partial charge in [-0.05, 0) is 61.4 Å². The molecule has 0 aliphatic rings. The second kappa shape index (κ2) is 8.71. The van der Waals surface area contributed by atoms with Gasteiger partial charge >= 0.3 is 7.75 Å². The fourth-order valence-electron chi connectivity index (χ4n) is 2.49. The molecule has 0 heterocycles. The first kappa shape index (κ1) is 20.3. The van der Waals surface area contributed by atoms with Gasteiger partial charge in [-0.15, -0.1) is 0 Å². The maximum atomic E-state index is 13.3. The number of nitrogens with zero attached hydrogens (tertiary/aromatic N) is 1. The van der Waals surface area contributed by atoms with Gasteiger partial charge in [0.2, 0.25) is 0 Å². The molecule has 0 fully saturated rings. The highest BCUT2D eigenvalue weighted by atomic mass is 31.2. The quantitative estimate of drug-likeness (QED) is 0.290. The molecule has 0 spiro atoms. The molecule has 0 amide bonds. The van der Waals surface area contributed by atoms with Crippen molar-refractivity contribution < 1.29 is 23.8 Å². The Balaban J connectivity index is 1.85. The van der Waals surface area contributed by atoms with Crippen LogP contribution >= 0.6 is 7.75 Å². The third-order valence-corrected chi connectivity index (χ3v) is 5.09. The Morgan fingerprint density at radius 1 is 0.897 bits per heavy atom. The average molecular weight is 412 g/mol. The van der Waals surface area contributed by atoms with E-state index < -0.39 is 7.75 Å². The van der Waals surface area contributed by atoms with E-state index >= 15 is 0 Å². The highest BCUT2D eigenvalue weighted by Gasteiger charge is 2.28. The van der Waals surface area contributed by atoms with E-state index in [0.717, 1.165) is 11.1 Å². The predicted octanol–water partition coefficient (Wildman–Crippen LogP) is 4.90. The van der Waals surface area contributed by atoms with Crippen molar-refractivity contribution >= 4 is 14.0 Å². The summed E-state index contributed by atoms with van der Waals surface area (Å²) in [5.41, 5.74) is 2.18. The molecule has 0 atom stereocenters. The number of phenolic OH excluding ortho intramolecular Hbond substituents is 2. The van der Waals surface area contributed by atoms with Crippen molar-refractivity contribution in [1.29, 1.82) is 0 Å². The Morgan fingerprint density at radius 2 is 1.48 bits per heavy atom. The highest BCUT2D eigenvalue weighted by molar-refractivity contribution is 7.52. The standard InChI is InChI=1S/C21H21N2O5P/c1-15-5-3-7-19(11-15)27-29(26,28-20-8-4-6-16(2)12-20)23-22-14-17-9-10-18(24)13-21(17)25/h3-14,24-25H,1-2H3,(H,23,26). The number of aryl methyl sites for hydroxylation is 2. The molecular formula is C21H21N2O5P. The topological polar surface area (TPSA) is 100 Å². The number of rotatable bonds is 7. The minimum atomic E-state index is -3.94. The van der Waals surface area contributed by atoms with Crippen LogP contribution in [0.4, 0.5) is 0 Å². The van der Waals surface area contributed by atoms with Crippen LogP contribution in [0, 0.1) is 13.8 Å². The first-order valence-corrected chi connectivity index (χ1v) is 10.3. The van der Waals surface area contributed by atoms with Crippen molar-refractivity contribution in [2.24, 2.45) is 5.10 Å². The van der Waals surface area contributed by atoms with Gasteiger partial charge in [-0.1, -0.05) is 24.3 Å². The first-order valence-electron chi connectivity index (χ1n) is 8.78. The third kappa shape index (κ3) is 5.77. The van der Waals surface area contributed by atoms with E-state index in [1.54, 1.807) is 36.4 Å². The molecule has 0 aliphatic carbocycles. The monoisotopic (exact) mass is 412 g/mol. The maximum Gasteiger partial charge on any atom is 0.557 e. The zero-order chi connectivity index (χ0) is 20.9. The Kier molecular flexibility index (Phi) is 6.10. The minimum Gasteiger partial charge on any atom is -0.508 e. The van der Waals surface area contributed by atoms with Crippen molar-refractivity contribution in [3.05, 3.63) is 83.4 Å². The molecule has 3 rings (SSSR count). The fraction of sp³-hybridized carbons (Fsp3) is 0.0952. The molecule has 0 aromatic heterocycles. The maximum absolute atomic E-state index is 13.3. The molecule has 29 heavy (non-hydrogen) atoms. The van der Waals surface area contributed by atoms with Crippen molar-refractivity contribution in [1.82, 2.24) is 5.20 Å². The molecule has 0 radical (unpaired) electrons. The van der Waals surface area contributed by atoms with Crippen LogP contribution in [0.1, 0.15) is 16.7 Å². The second-order valence-corrected chi connectivity index (χ2v) is 7.97. The van der Waals surface area contributed by atoms with Crippen LogP contribution in [0.15, 0.2) is 71.8 Å². The van der Waals surface area contributed by atoms with E-state index in [1.165, 1.54) is 24.4 Å². The first-order chi connectivity index (χ1) is 13.8. The van der Waals surface area contributed by atoms with Crippen LogP contribution < -0.4 is 14.2 Å². The van der Waals surface area contributed by atoms with Crippen LogP contribution in [0.25, 0.3) is 0 Å². The lowest BCUT2D eigenvalue weighted by Gasteiger charge is -2.19. The van der Waals surface area contributed by atoms with Crippen molar-refractivity contribution in [3.63, 3.8) is 0 Å². The molecule has 0 saturated carbocycles. The van der Waals surface area contributed by atoms with Gasteiger partial charge in [-0.2, -0.15) is 10.3 Å². The molecule has 8 heteroatoms. The largest absolute Gasteiger partial charge is 0.557 e. The Bertz CT molecular complexity index is 1030. The molecule has 3 aromatic rings. The number of benzene rings is 3. The normalized spacial score (nSPS) is 11.4. The highest BCUT2D eigenvalue weighted by Crippen LogP contribution is 2.45. The van der Waals surface area contributed by atoms with Gasteiger partial charge < -0.3 is 19.3 Å². The number of hydrogen-bond donors (Lipinski definition) is 3. The number of nitrogens with one attached hydrogen (secondary N) is 1. The lowest BCUT2D eigenvalue weighted by atomic mass is 10.2. The third-order valence-electron chi connectivity index (χ3n) is 3.83. The lowest BCUT2D eigenvalue weighted by Crippen LogP contribution is -2.14. The average Bonchev–Trinajstić information content (AvgIpc) is 2.63. The van der Waals surface area contributed by atoms with Crippen molar-refractivity contribution in [3.8, 4) is 23.0 Å². The molecule has 3 N–H and O–H groups in total. The summed E-state index contributed by atoms with van der Waals surface area (Å²) in [7, 11) is -3.94. The van der Waals surface area contributed by atoms with E-state index in [0.29, 0.717) is 17.1 Å². The van der Waals surface area contributed by atoms with Gasteiger partial charge in [0.15, 0.2) is 0 Å². The van der Waals surface area contributed by atoms with Crippen LogP contribution in [-0.4, -0.2) is 16.4 Å². The fourth-order valence-corrected chi connectivity index (χ4v) is 3.59. The summed E-state index contributed by atoms with van der Waals surface area (Å²) in [6.45, 7) is 3.77. The van der Waals surface area contributed by atoms with Gasteiger partial charge in [0.05, 0.1) is 6.21 Å². The minimum absolute atomic E-state index is 0.0798. The summed E-state index contributed by atoms with van der Waals surface area (Å²) >= 11 is 0. The summed E-state index contributed by atoms with van der Waals surface area (Å²) in [6, 6.07) is 18.1. The van der Waals surface area contributed by atoms with E-state index in [-0.39, 0.29) is 11.5 Å². The van der Waals surface area contributed by atoms with Crippen LogP contribution in [0.5, 0.6) is 23.0 Å². The van der Waals surface area contributed by atoms with E-state index in [2.05, 4.69) is 10.3 Å². The van der Waals surface area contributed by atoms with Gasteiger partial charge in [0, 0.05) is 11.6 Å². The Labute approximate surface area is 168 Å². The van der Waals surface area contributed by atoms with E-state index in [1.807, 2.05) is 26.0 Å². The summed E-state index contributed by atoms with van der Waals surface area (Å²) in [5.74, 6) is 0.459. The Hall–Kier alpha value is -3.44. The Morgan fingerprint density at radius 3 is 2.00 bits per heavy atom. The van der Waals surface area contributed by atoms with Gasteiger partial charge in [0.25, 0.3) is 0 Å². The number of aromatic hydroxyl groups is 2. The summed E-state index contributed by atoms with van der Waals surface area (Å²) in [6.07, 6.45) is 1.25. The summed E-state index contributed by atoms with van der Waals surface area (Å²) in [4.78, 5) is 0. The van der Waals surface area contributed by atoms with Crippen LogP contribution in [-0.2, 0) is 4.57 Å². The number of hydrazone groups is 1. The molecule has 3 aromatic carbocycles. The van der Waals surface area contributed by atoms with E-state index in [4.69, 9.17) is 9.05 Å². The second-order valence-electron chi connectivity index (χ2n) is 6.41. The van der Waals surface area contributed by atoms with Crippen LogP contribution in [0.3, 0.4) is 0 Å². The number of phenols is 2. The molecule has 0 aliphatic heterocycles. The van der Waals surface area contributed by atoms with Gasteiger partial charge in [-0.3, -0.25) is 0 Å². The number of hydrogen-bond acceptors (Lipinski definition) is 6. The molecule has 0 saturated heterocycles. The molecule has 0 bridgehead atoms. The zero-order valence-electron chi connectivity index (χ0n) is 15.9. The van der Waals surface area contributed by atoms with Gasteiger partial charge in [0.1, 0.15) is 23.0 Å². The van der Waals surface area contributed by atoms with Crippen LogP contribution in [0.2, 0.25) is 0 Å². The smallest absolute Gasteiger partial charge is 0.508 e. The molecule has 150 valence electrons. The molecular weight excluding hydrogens is 391 g/mol. The summed E-state index contributed by atoms with van der Waals surface area (Å²) in [5, 5.41) is 25.5. The lowest BCUT2D eigenvalue weighted by molar-refractivity contribution is 0.372. The summed E-state index contributed by atoms with van der Waals surface area (Å²) < 4.78 is 24.6. The van der Waals surface area contributed by atoms with Crippen molar-refractivity contribution in [2.75, 3.05) is 0 Å². The SMILES string of the molecule is Cc1cccc(OP(=O)(NN=Cc2ccc(O)cc2O)Oc2cccc(C)c2)c1. The predicted molar refractivity (Wildman–Crippen MR) is 112 cm³/mol.